The van der Waals surface area contributed by atoms with E-state index in [1.54, 1.807) is 0 Å². The molecule has 1 aromatic carbocycles. The van der Waals surface area contributed by atoms with Crippen LogP contribution in [0.1, 0.15) is 13.0 Å². The molecule has 0 spiro atoms. The van der Waals surface area contributed by atoms with Crippen molar-refractivity contribution >= 4 is 5.97 Å². The van der Waals surface area contributed by atoms with Crippen LogP contribution in [-0.2, 0) is 4.79 Å². The topological polar surface area (TPSA) is 86.3 Å². The first-order valence-corrected chi connectivity index (χ1v) is 6.91. The van der Waals surface area contributed by atoms with Crippen LogP contribution in [0.2, 0.25) is 0 Å². The molecule has 0 aliphatic heterocycles. The summed E-state index contributed by atoms with van der Waals surface area (Å²) >= 11 is 0. The predicted octanol–water partition coefficient (Wildman–Crippen LogP) is 1.96. The van der Waals surface area contributed by atoms with Crippen molar-refractivity contribution in [3.8, 4) is 11.4 Å². The summed E-state index contributed by atoms with van der Waals surface area (Å²) in [5, 5.41) is 12.6. The van der Waals surface area contributed by atoms with Gasteiger partial charge >= 0.3 is 24.0 Å². The van der Waals surface area contributed by atoms with Crippen LogP contribution < -0.4 is 10.4 Å². The van der Waals surface area contributed by atoms with Crippen molar-refractivity contribution in [1.82, 2.24) is 14.3 Å². The zero-order chi connectivity index (χ0) is 18.8. The van der Waals surface area contributed by atoms with Crippen LogP contribution in [0.5, 0.6) is 5.75 Å². The second-order valence-electron chi connectivity index (χ2n) is 5.09. The number of aliphatic carboxylic acids is 1. The lowest BCUT2D eigenvalue weighted by Gasteiger charge is -2.16. The lowest BCUT2D eigenvalue weighted by molar-refractivity contribution is -0.148. The molecule has 25 heavy (non-hydrogen) atoms. The zero-order valence-corrected chi connectivity index (χ0v) is 12.8. The molecular formula is C14H13F4N3O4. The van der Waals surface area contributed by atoms with Gasteiger partial charge in [0.05, 0.1) is 5.69 Å². The average Bonchev–Trinajstić information content (AvgIpc) is 2.94. The summed E-state index contributed by atoms with van der Waals surface area (Å²) in [6, 6.07) is 3.87. The molecule has 0 unspecified atom stereocenters. The predicted molar refractivity (Wildman–Crippen MR) is 76.6 cm³/mol. The number of carboxylic acid groups (broad SMARTS) is 1. The van der Waals surface area contributed by atoms with Crippen LogP contribution >= 0.6 is 0 Å². The van der Waals surface area contributed by atoms with E-state index in [0.717, 1.165) is 15.6 Å². The standard InChI is InChI=1S/C14H13F4N3O4/c1-8(11(22)23)21-13(24)20(7-19-21)9-2-4-10(5-3-9)25-6-14(17,18)12(15)16/h2-5,7-8,12H,6H2,1H3,(H,22,23)/t8-/m1/s1. The van der Waals surface area contributed by atoms with Gasteiger partial charge in [-0.3, -0.25) is 0 Å². The number of halogens is 4. The molecule has 2 aromatic rings. The highest BCUT2D eigenvalue weighted by Gasteiger charge is 2.41. The SMILES string of the molecule is C[C@H](C(=O)O)n1ncn(-c2ccc(OCC(F)(F)C(F)F)cc2)c1=O. The molecule has 0 aliphatic rings. The molecule has 136 valence electrons. The number of nitrogens with zero attached hydrogens (tertiary/aromatic N) is 3. The number of aromatic nitrogens is 3. The molecule has 2 rings (SSSR count). The summed E-state index contributed by atoms with van der Waals surface area (Å²) in [4.78, 5) is 23.0. The van der Waals surface area contributed by atoms with E-state index in [1.807, 2.05) is 0 Å². The van der Waals surface area contributed by atoms with E-state index in [2.05, 4.69) is 9.84 Å². The van der Waals surface area contributed by atoms with E-state index in [9.17, 15) is 27.2 Å². The van der Waals surface area contributed by atoms with Crippen LogP contribution in [0.4, 0.5) is 17.6 Å². The zero-order valence-electron chi connectivity index (χ0n) is 12.8. The maximum Gasteiger partial charge on any atom is 0.351 e. The molecule has 0 saturated heterocycles. The van der Waals surface area contributed by atoms with Gasteiger partial charge in [0.25, 0.3) is 0 Å². The van der Waals surface area contributed by atoms with Gasteiger partial charge in [0.1, 0.15) is 12.1 Å². The largest absolute Gasteiger partial charge is 0.487 e. The van der Waals surface area contributed by atoms with Gasteiger partial charge in [0, 0.05) is 0 Å². The van der Waals surface area contributed by atoms with Gasteiger partial charge < -0.3 is 9.84 Å². The van der Waals surface area contributed by atoms with Crippen LogP contribution in [0.15, 0.2) is 35.4 Å². The van der Waals surface area contributed by atoms with Gasteiger partial charge in [-0.1, -0.05) is 0 Å². The Bertz CT molecular complexity index is 801. The molecule has 0 radical (unpaired) electrons. The van der Waals surface area contributed by atoms with Gasteiger partial charge in [0.2, 0.25) is 0 Å². The van der Waals surface area contributed by atoms with Crippen LogP contribution in [0.3, 0.4) is 0 Å². The van der Waals surface area contributed by atoms with Crippen LogP contribution in [-0.4, -0.2) is 44.4 Å². The number of alkyl halides is 4. The average molecular weight is 363 g/mol. The smallest absolute Gasteiger partial charge is 0.351 e. The fourth-order valence-electron chi connectivity index (χ4n) is 1.81. The number of hydrogen-bond acceptors (Lipinski definition) is 4. The molecule has 7 nitrogen and oxygen atoms in total. The molecule has 0 bridgehead atoms. The van der Waals surface area contributed by atoms with Gasteiger partial charge in [-0.25, -0.2) is 22.9 Å². The summed E-state index contributed by atoms with van der Waals surface area (Å²) < 4.78 is 56.1. The van der Waals surface area contributed by atoms with Crippen LogP contribution in [0, 0.1) is 0 Å². The number of hydrogen-bond donors (Lipinski definition) is 1. The van der Waals surface area contributed by atoms with E-state index in [-0.39, 0.29) is 11.4 Å². The number of carboxylic acids is 1. The van der Waals surface area contributed by atoms with Crippen LogP contribution in [0.25, 0.3) is 5.69 Å². The van der Waals surface area contributed by atoms with Gasteiger partial charge in [-0.2, -0.15) is 18.6 Å². The molecule has 1 N–H and O–H groups in total. The van der Waals surface area contributed by atoms with E-state index in [0.29, 0.717) is 0 Å². The Labute approximate surface area is 138 Å². The molecule has 0 fully saturated rings. The quantitative estimate of drug-likeness (QED) is 0.760. The number of rotatable bonds is 7. The Kier molecular flexibility index (Phi) is 5.14. The minimum atomic E-state index is -4.27. The van der Waals surface area contributed by atoms with Crippen molar-refractivity contribution in [2.24, 2.45) is 0 Å². The monoisotopic (exact) mass is 363 g/mol. The molecule has 1 atom stereocenters. The van der Waals surface area contributed by atoms with Crippen molar-refractivity contribution in [3.63, 3.8) is 0 Å². The van der Waals surface area contributed by atoms with E-state index < -0.39 is 36.7 Å². The highest BCUT2D eigenvalue weighted by molar-refractivity contribution is 5.71. The maximum atomic E-state index is 12.8. The Hall–Kier alpha value is -2.85. The number of ether oxygens (including phenoxy) is 1. The normalized spacial score (nSPS) is 13.0. The molecule has 0 amide bonds. The first-order chi connectivity index (χ1) is 11.6. The molecular weight excluding hydrogens is 350 g/mol. The summed E-state index contributed by atoms with van der Waals surface area (Å²) in [6.07, 6.45) is -2.74. The van der Waals surface area contributed by atoms with E-state index >= 15 is 0 Å². The first-order valence-electron chi connectivity index (χ1n) is 6.91. The fourth-order valence-corrected chi connectivity index (χ4v) is 1.81. The summed E-state index contributed by atoms with van der Waals surface area (Å²) in [6.45, 7) is -0.209. The molecule has 0 aliphatic carbocycles. The Morgan fingerprint density at radius 2 is 1.92 bits per heavy atom. The second-order valence-corrected chi connectivity index (χ2v) is 5.09. The third kappa shape index (κ3) is 3.98. The minimum absolute atomic E-state index is 0.0941. The van der Waals surface area contributed by atoms with E-state index in [4.69, 9.17) is 5.11 Å². The van der Waals surface area contributed by atoms with Crippen molar-refractivity contribution in [3.05, 3.63) is 41.1 Å². The maximum absolute atomic E-state index is 12.8. The molecule has 0 saturated carbocycles. The molecule has 11 heteroatoms. The van der Waals surface area contributed by atoms with Crippen molar-refractivity contribution in [1.29, 1.82) is 0 Å². The van der Waals surface area contributed by atoms with E-state index in [1.165, 1.54) is 31.2 Å². The lowest BCUT2D eigenvalue weighted by atomic mass is 10.3. The van der Waals surface area contributed by atoms with Crippen molar-refractivity contribution < 1.29 is 32.2 Å². The summed E-state index contributed by atoms with van der Waals surface area (Å²) in [7, 11) is 0. The van der Waals surface area contributed by atoms with Gasteiger partial charge in [0.15, 0.2) is 12.6 Å². The van der Waals surface area contributed by atoms with Crippen molar-refractivity contribution in [2.75, 3.05) is 6.61 Å². The highest BCUT2D eigenvalue weighted by Crippen LogP contribution is 2.24. The number of carbonyl (C=O) groups is 1. The molecule has 1 heterocycles. The third-order valence-corrected chi connectivity index (χ3v) is 3.28. The highest BCUT2D eigenvalue weighted by atomic mass is 19.3. The minimum Gasteiger partial charge on any atom is -0.487 e. The number of benzene rings is 1. The first kappa shape index (κ1) is 18.5. The van der Waals surface area contributed by atoms with Gasteiger partial charge in [-0.05, 0) is 31.2 Å². The Morgan fingerprint density at radius 1 is 1.32 bits per heavy atom. The molecule has 1 aromatic heterocycles. The van der Waals surface area contributed by atoms with Gasteiger partial charge in [-0.15, -0.1) is 0 Å². The lowest BCUT2D eigenvalue weighted by Crippen LogP contribution is -2.33. The summed E-state index contributed by atoms with van der Waals surface area (Å²) in [5.41, 5.74) is -0.449. The fraction of sp³-hybridized carbons (Fsp3) is 0.357. The Morgan fingerprint density at radius 3 is 2.44 bits per heavy atom. The summed E-state index contributed by atoms with van der Waals surface area (Å²) in [5.74, 6) is -5.61. The second kappa shape index (κ2) is 6.95. The Balaban J connectivity index is 2.16. The third-order valence-electron chi connectivity index (χ3n) is 3.28. The van der Waals surface area contributed by atoms with Crippen molar-refractivity contribution in [2.45, 2.75) is 25.3 Å².